The number of hydrogen-bond acceptors (Lipinski definition) is 6. The number of carbonyl (C=O) groups is 2. The third-order valence-electron chi connectivity index (χ3n) is 4.08. The van der Waals surface area contributed by atoms with E-state index in [2.05, 4.69) is 4.74 Å². The fraction of sp³-hybridized carbons (Fsp3) is 0.529. The zero-order valence-corrected chi connectivity index (χ0v) is 17.0. The first-order chi connectivity index (χ1) is 14.5. The van der Waals surface area contributed by atoms with Crippen molar-refractivity contribution in [2.75, 3.05) is 5.75 Å². The van der Waals surface area contributed by atoms with Crippen LogP contribution in [0, 0.1) is 0 Å². The summed E-state index contributed by atoms with van der Waals surface area (Å²) in [6, 6.07) is 6.65. The van der Waals surface area contributed by atoms with E-state index < -0.39 is 65.0 Å². The summed E-state index contributed by atoms with van der Waals surface area (Å²) in [5.41, 5.74) is -4.22. The smallest absolute Gasteiger partial charge is 0.438 e. The first-order valence-electron chi connectivity index (χ1n) is 8.75. The van der Waals surface area contributed by atoms with Crippen molar-refractivity contribution < 1.29 is 58.4 Å². The minimum absolute atomic E-state index is 0.156. The molecular weight excluding hydrogens is 473 g/mol. The van der Waals surface area contributed by atoms with Crippen LogP contribution < -0.4 is 0 Å². The van der Waals surface area contributed by atoms with Gasteiger partial charge in [-0.05, 0) is 17.5 Å². The predicted octanol–water partition coefficient (Wildman–Crippen LogP) is 2.86. The number of benzene rings is 1. The van der Waals surface area contributed by atoms with Gasteiger partial charge in [0.05, 0.1) is 7.85 Å². The number of carbonyl (C=O) groups excluding carboxylic acids is 2. The Labute approximate surface area is 180 Å². The number of alkyl halides is 6. The van der Waals surface area contributed by atoms with Gasteiger partial charge in [0.2, 0.25) is 0 Å². The summed E-state index contributed by atoms with van der Waals surface area (Å²) in [5.74, 6) is -5.95. The van der Waals surface area contributed by atoms with Crippen LogP contribution in [0.15, 0.2) is 24.3 Å². The molecule has 1 N–H and O–H groups in total. The van der Waals surface area contributed by atoms with Crippen LogP contribution in [0.25, 0.3) is 0 Å². The van der Waals surface area contributed by atoms with Crippen LogP contribution in [0.4, 0.5) is 26.3 Å². The maximum atomic E-state index is 13.1. The van der Waals surface area contributed by atoms with Crippen molar-refractivity contribution in [1.29, 1.82) is 0 Å². The summed E-state index contributed by atoms with van der Waals surface area (Å²) < 4.78 is 117. The molecule has 178 valence electrons. The van der Waals surface area contributed by atoms with E-state index in [1.165, 1.54) is 0 Å². The predicted molar refractivity (Wildman–Crippen MR) is 96.9 cm³/mol. The van der Waals surface area contributed by atoms with E-state index in [0.29, 0.717) is 11.1 Å². The zero-order valence-electron chi connectivity index (χ0n) is 16.2. The highest BCUT2D eigenvalue weighted by molar-refractivity contribution is 7.85. The second-order valence-corrected chi connectivity index (χ2v) is 7.96. The van der Waals surface area contributed by atoms with Gasteiger partial charge >= 0.3 is 29.9 Å². The van der Waals surface area contributed by atoms with Gasteiger partial charge in [0.25, 0.3) is 10.1 Å². The largest absolute Gasteiger partial charge is 0.461 e. The molecule has 7 nitrogen and oxygen atoms in total. The third-order valence-corrected chi connectivity index (χ3v) is 4.85. The van der Waals surface area contributed by atoms with E-state index in [1.54, 1.807) is 24.3 Å². The first-order valence-corrected chi connectivity index (χ1v) is 10.4. The zero-order chi connectivity index (χ0) is 24.8. The number of rotatable bonds is 10. The molecule has 0 bridgehead atoms. The van der Waals surface area contributed by atoms with Crippen molar-refractivity contribution in [2.45, 2.75) is 50.1 Å². The molecule has 0 spiro atoms. The second-order valence-electron chi connectivity index (χ2n) is 6.51. The average molecular weight is 490 g/mol. The van der Waals surface area contributed by atoms with E-state index in [1.807, 2.05) is 0 Å². The summed E-state index contributed by atoms with van der Waals surface area (Å²) in [7, 11) is -0.352. The second kappa shape index (κ2) is 10.6. The van der Waals surface area contributed by atoms with E-state index in [4.69, 9.17) is 17.1 Å². The van der Waals surface area contributed by atoms with Gasteiger partial charge in [0, 0.05) is 12.8 Å². The molecule has 0 aromatic heterocycles. The van der Waals surface area contributed by atoms with Gasteiger partial charge < -0.3 is 9.47 Å². The standard InChI is InChI=1S/C17H17BF6O7S/c18-8-11-4-1-2-5-12(11)9-30-13(25)6-3-7-14(26)31-15(16(19,20)21,17(22,23)24)10-32(27,28)29/h1-2,4-5H,3,6-10H2,(H,27,28,29). The Morgan fingerprint density at radius 2 is 1.44 bits per heavy atom. The Kier molecular flexibility index (Phi) is 9.15. The Hall–Kier alpha value is -2.29. The molecule has 0 aliphatic heterocycles. The molecule has 0 aliphatic rings. The summed E-state index contributed by atoms with van der Waals surface area (Å²) in [5, 5.41) is 0. The van der Waals surface area contributed by atoms with Crippen LogP contribution in [0.1, 0.15) is 30.4 Å². The number of esters is 2. The minimum atomic E-state index is -6.41. The molecule has 0 aliphatic carbocycles. The fourth-order valence-electron chi connectivity index (χ4n) is 2.48. The highest BCUT2D eigenvalue weighted by atomic mass is 32.2. The molecule has 0 saturated carbocycles. The van der Waals surface area contributed by atoms with Gasteiger partial charge in [0.1, 0.15) is 12.4 Å². The van der Waals surface area contributed by atoms with Crippen molar-refractivity contribution in [3.05, 3.63) is 35.4 Å². The monoisotopic (exact) mass is 490 g/mol. The maximum absolute atomic E-state index is 13.1. The first kappa shape index (κ1) is 27.7. The van der Waals surface area contributed by atoms with Gasteiger partial charge in [-0.1, -0.05) is 30.6 Å². The van der Waals surface area contributed by atoms with Crippen LogP contribution in [0.5, 0.6) is 0 Å². The molecule has 2 radical (unpaired) electrons. The maximum Gasteiger partial charge on any atom is 0.438 e. The molecule has 0 unspecified atom stereocenters. The normalized spacial score (nSPS) is 13.0. The summed E-state index contributed by atoms with van der Waals surface area (Å²) in [6.45, 7) is -0.198. The van der Waals surface area contributed by atoms with Gasteiger partial charge in [0.15, 0.2) is 0 Å². The average Bonchev–Trinajstić information content (AvgIpc) is 2.63. The van der Waals surface area contributed by atoms with Crippen LogP contribution in [0.2, 0.25) is 0 Å². The number of hydrogen-bond donors (Lipinski definition) is 1. The molecule has 0 saturated heterocycles. The molecule has 15 heteroatoms. The number of ether oxygens (including phenoxy) is 2. The quantitative estimate of drug-likeness (QED) is 0.233. The van der Waals surface area contributed by atoms with E-state index in [0.717, 1.165) is 0 Å². The summed E-state index contributed by atoms with van der Waals surface area (Å²) in [4.78, 5) is 23.3. The van der Waals surface area contributed by atoms with Gasteiger partial charge in [-0.3, -0.25) is 14.1 Å². The molecule has 0 heterocycles. The van der Waals surface area contributed by atoms with E-state index in [9.17, 15) is 44.3 Å². The topological polar surface area (TPSA) is 107 Å². The Bertz CT molecular complexity index is 901. The highest BCUT2D eigenvalue weighted by Crippen LogP contribution is 2.47. The van der Waals surface area contributed by atoms with Crippen LogP contribution in [-0.4, -0.2) is 56.5 Å². The fourth-order valence-corrected chi connectivity index (χ4v) is 3.38. The molecule has 0 amide bonds. The molecule has 1 rings (SSSR count). The van der Waals surface area contributed by atoms with Crippen molar-refractivity contribution in [2.24, 2.45) is 0 Å². The van der Waals surface area contributed by atoms with E-state index >= 15 is 0 Å². The van der Waals surface area contributed by atoms with Crippen molar-refractivity contribution in [1.82, 2.24) is 0 Å². The van der Waals surface area contributed by atoms with Crippen LogP contribution >= 0.6 is 0 Å². The highest BCUT2D eigenvalue weighted by Gasteiger charge is 2.75. The van der Waals surface area contributed by atoms with Crippen LogP contribution in [-0.2, 0) is 42.1 Å². The Balaban J connectivity index is 2.74. The van der Waals surface area contributed by atoms with Gasteiger partial charge in [-0.15, -0.1) is 0 Å². The third kappa shape index (κ3) is 7.69. The molecule has 1 aromatic carbocycles. The van der Waals surface area contributed by atoms with E-state index in [-0.39, 0.29) is 12.9 Å². The summed E-state index contributed by atoms with van der Waals surface area (Å²) >= 11 is 0. The Morgan fingerprint density at radius 3 is 1.91 bits per heavy atom. The molecule has 0 atom stereocenters. The molecular formula is C17H17BF6O7S. The van der Waals surface area contributed by atoms with Crippen LogP contribution in [0.3, 0.4) is 0 Å². The van der Waals surface area contributed by atoms with Crippen molar-refractivity contribution in [3.8, 4) is 0 Å². The van der Waals surface area contributed by atoms with Crippen molar-refractivity contribution in [3.63, 3.8) is 0 Å². The lowest BCUT2D eigenvalue weighted by Crippen LogP contribution is -2.63. The summed E-state index contributed by atoms with van der Waals surface area (Å²) in [6.07, 6.45) is -14.9. The SMILES string of the molecule is [B]Cc1ccccc1COC(=O)CCCC(=O)OC(CS(=O)(=O)O)(C(F)(F)F)C(F)(F)F. The van der Waals surface area contributed by atoms with Gasteiger partial charge in [-0.25, -0.2) is 0 Å². The lowest BCUT2D eigenvalue weighted by Gasteiger charge is -2.35. The number of halogens is 6. The van der Waals surface area contributed by atoms with Gasteiger partial charge in [-0.2, -0.15) is 34.8 Å². The minimum Gasteiger partial charge on any atom is -0.461 e. The van der Waals surface area contributed by atoms with Crippen molar-refractivity contribution >= 4 is 29.9 Å². The molecule has 1 aromatic rings. The molecule has 0 fully saturated rings. The molecule has 32 heavy (non-hydrogen) atoms. The lowest BCUT2D eigenvalue weighted by atomic mass is 9.93. The Morgan fingerprint density at radius 1 is 0.938 bits per heavy atom. The lowest BCUT2D eigenvalue weighted by molar-refractivity contribution is -0.361.